The van der Waals surface area contributed by atoms with E-state index in [1.54, 1.807) is 0 Å². The maximum Gasteiger partial charge on any atom is 0.315 e. The predicted molar refractivity (Wildman–Crippen MR) is 121 cm³/mol. The summed E-state index contributed by atoms with van der Waals surface area (Å²) in [5, 5.41) is 5.88. The molecule has 2 N–H and O–H groups in total. The van der Waals surface area contributed by atoms with Crippen molar-refractivity contribution < 1.29 is 13.2 Å². The highest BCUT2D eigenvalue weighted by Crippen LogP contribution is 2.34. The number of amidine groups is 1. The summed E-state index contributed by atoms with van der Waals surface area (Å²) >= 11 is 0. The van der Waals surface area contributed by atoms with Crippen molar-refractivity contribution in [2.75, 3.05) is 19.6 Å². The quantitative estimate of drug-likeness (QED) is 0.748. The standard InChI is InChI=1S/C22H32N4O3S/c1-5-17-6-8-18(9-7-17)20-16(4)21(25-30(20,28)29)26-12-10-19(11-13-26)24-22(27)23-14-15(2)3/h6-9,15,19H,5,10-14H2,1-4H3,(H2,23,24,27). The van der Waals surface area contributed by atoms with Crippen molar-refractivity contribution in [2.24, 2.45) is 10.3 Å². The predicted octanol–water partition coefficient (Wildman–Crippen LogP) is 3.14. The van der Waals surface area contributed by atoms with E-state index in [9.17, 15) is 13.2 Å². The lowest BCUT2D eigenvalue weighted by atomic mass is 10.0. The lowest BCUT2D eigenvalue weighted by Gasteiger charge is -2.33. The zero-order chi connectivity index (χ0) is 21.9. The van der Waals surface area contributed by atoms with E-state index in [1.165, 1.54) is 5.56 Å². The van der Waals surface area contributed by atoms with Crippen LogP contribution in [0.2, 0.25) is 0 Å². The molecule has 0 bridgehead atoms. The second kappa shape index (κ2) is 9.20. The number of carbonyl (C=O) groups is 1. The highest BCUT2D eigenvalue weighted by atomic mass is 32.2. The van der Waals surface area contributed by atoms with Crippen molar-refractivity contribution in [1.82, 2.24) is 15.5 Å². The number of nitrogens with zero attached hydrogens (tertiary/aromatic N) is 2. The first-order chi connectivity index (χ1) is 14.2. The molecule has 0 aliphatic carbocycles. The van der Waals surface area contributed by atoms with Crippen LogP contribution < -0.4 is 10.6 Å². The van der Waals surface area contributed by atoms with E-state index < -0.39 is 10.0 Å². The van der Waals surface area contributed by atoms with E-state index >= 15 is 0 Å². The number of urea groups is 1. The molecule has 8 heteroatoms. The van der Waals surface area contributed by atoms with Gasteiger partial charge < -0.3 is 15.5 Å². The van der Waals surface area contributed by atoms with E-state index in [-0.39, 0.29) is 12.1 Å². The van der Waals surface area contributed by atoms with Gasteiger partial charge in [-0.2, -0.15) is 8.42 Å². The smallest absolute Gasteiger partial charge is 0.315 e. The summed E-state index contributed by atoms with van der Waals surface area (Å²) in [5.74, 6) is 0.939. The molecular formula is C22H32N4O3S. The minimum absolute atomic E-state index is 0.0809. The Balaban J connectivity index is 1.67. The van der Waals surface area contributed by atoms with Gasteiger partial charge in [-0.3, -0.25) is 0 Å². The average Bonchev–Trinajstić information content (AvgIpc) is 2.96. The van der Waals surface area contributed by atoms with Gasteiger partial charge in [-0.1, -0.05) is 45.0 Å². The zero-order valence-corrected chi connectivity index (χ0v) is 19.1. The summed E-state index contributed by atoms with van der Waals surface area (Å²) in [4.78, 5) is 14.3. The highest BCUT2D eigenvalue weighted by molar-refractivity contribution is 8.00. The number of rotatable bonds is 5. The molecular weight excluding hydrogens is 400 g/mol. The van der Waals surface area contributed by atoms with Gasteiger partial charge in [0.15, 0.2) is 0 Å². The molecule has 2 aliphatic rings. The maximum absolute atomic E-state index is 12.8. The Bertz CT molecular complexity index is 941. The highest BCUT2D eigenvalue weighted by Gasteiger charge is 2.35. The molecule has 1 fully saturated rings. The van der Waals surface area contributed by atoms with E-state index in [0.29, 0.717) is 47.4 Å². The number of aryl methyl sites for hydroxylation is 1. The first-order valence-electron chi connectivity index (χ1n) is 10.7. The molecule has 7 nitrogen and oxygen atoms in total. The largest absolute Gasteiger partial charge is 0.356 e. The summed E-state index contributed by atoms with van der Waals surface area (Å²) in [6.45, 7) is 9.96. The summed E-state index contributed by atoms with van der Waals surface area (Å²) in [6, 6.07) is 7.59. The van der Waals surface area contributed by atoms with E-state index in [2.05, 4.69) is 35.8 Å². The molecule has 0 radical (unpaired) electrons. The fourth-order valence-electron chi connectivity index (χ4n) is 3.84. The lowest BCUT2D eigenvalue weighted by Crippen LogP contribution is -2.49. The molecule has 0 atom stereocenters. The lowest BCUT2D eigenvalue weighted by molar-refractivity contribution is 0.225. The van der Waals surface area contributed by atoms with E-state index in [0.717, 1.165) is 19.3 Å². The van der Waals surface area contributed by atoms with Crippen LogP contribution >= 0.6 is 0 Å². The molecule has 1 aromatic rings. The Labute approximate surface area is 179 Å². The van der Waals surface area contributed by atoms with Crippen LogP contribution in [-0.2, 0) is 16.4 Å². The topological polar surface area (TPSA) is 90.9 Å². The third-order valence-corrected chi connectivity index (χ3v) is 7.04. The second-order valence-corrected chi connectivity index (χ2v) is 9.95. The molecule has 0 aromatic heterocycles. The van der Waals surface area contributed by atoms with Gasteiger partial charge in [-0.05, 0) is 43.2 Å². The minimum atomic E-state index is -3.71. The van der Waals surface area contributed by atoms with Gasteiger partial charge in [0, 0.05) is 31.2 Å². The van der Waals surface area contributed by atoms with Crippen molar-refractivity contribution in [2.45, 2.75) is 53.0 Å². The molecule has 0 spiro atoms. The van der Waals surface area contributed by atoms with Crippen LogP contribution in [0.3, 0.4) is 0 Å². The fourth-order valence-corrected chi connectivity index (χ4v) is 5.33. The van der Waals surface area contributed by atoms with Crippen molar-refractivity contribution in [3.63, 3.8) is 0 Å². The molecule has 0 unspecified atom stereocenters. The monoisotopic (exact) mass is 432 g/mol. The molecule has 2 heterocycles. The van der Waals surface area contributed by atoms with Crippen molar-refractivity contribution >= 4 is 26.8 Å². The number of nitrogens with one attached hydrogen (secondary N) is 2. The van der Waals surface area contributed by atoms with Crippen molar-refractivity contribution in [3.05, 3.63) is 41.0 Å². The summed E-state index contributed by atoms with van der Waals surface area (Å²) in [5.41, 5.74) is 2.54. The fraction of sp³-hybridized carbons (Fsp3) is 0.545. The molecule has 0 saturated carbocycles. The number of sulfonamides is 1. The molecule has 30 heavy (non-hydrogen) atoms. The van der Waals surface area contributed by atoms with Gasteiger partial charge in [-0.15, -0.1) is 4.40 Å². The van der Waals surface area contributed by atoms with Crippen LogP contribution in [0.15, 0.2) is 34.2 Å². The third kappa shape index (κ3) is 5.03. The van der Waals surface area contributed by atoms with Gasteiger partial charge >= 0.3 is 6.03 Å². The molecule has 2 amide bonds. The first kappa shape index (κ1) is 22.3. The Morgan fingerprint density at radius 3 is 2.40 bits per heavy atom. The summed E-state index contributed by atoms with van der Waals surface area (Å²) in [7, 11) is -3.71. The van der Waals surface area contributed by atoms with Gasteiger partial charge in [0.05, 0.1) is 0 Å². The number of likely N-dealkylation sites (tertiary alicyclic amines) is 1. The average molecular weight is 433 g/mol. The Kier molecular flexibility index (Phi) is 6.85. The minimum Gasteiger partial charge on any atom is -0.356 e. The van der Waals surface area contributed by atoms with Crippen LogP contribution in [0.1, 0.15) is 51.7 Å². The van der Waals surface area contributed by atoms with Crippen LogP contribution in [0.5, 0.6) is 0 Å². The number of hydrogen-bond donors (Lipinski definition) is 2. The van der Waals surface area contributed by atoms with Gasteiger partial charge in [0.2, 0.25) is 0 Å². The van der Waals surface area contributed by atoms with Gasteiger partial charge in [0.25, 0.3) is 10.0 Å². The first-order valence-corrected chi connectivity index (χ1v) is 12.1. The number of benzene rings is 1. The second-order valence-electron chi connectivity index (χ2n) is 8.40. The zero-order valence-electron chi connectivity index (χ0n) is 18.2. The molecule has 2 aliphatic heterocycles. The normalized spacial score (nSPS) is 19.2. The SMILES string of the molecule is CCc1ccc(C2=C(C)C(N3CCC(NC(=O)NCC(C)C)CC3)=NS2(=O)=O)cc1. The van der Waals surface area contributed by atoms with Crippen LogP contribution in [-0.4, -0.2) is 50.9 Å². The Morgan fingerprint density at radius 2 is 1.83 bits per heavy atom. The molecule has 3 rings (SSSR count). The third-order valence-electron chi connectivity index (χ3n) is 5.57. The number of amides is 2. The molecule has 1 aromatic carbocycles. The maximum atomic E-state index is 12.8. The number of piperidine rings is 1. The summed E-state index contributed by atoms with van der Waals surface area (Å²) < 4.78 is 29.7. The Hall–Kier alpha value is -2.35. The van der Waals surface area contributed by atoms with Crippen molar-refractivity contribution in [1.29, 1.82) is 0 Å². The van der Waals surface area contributed by atoms with E-state index in [4.69, 9.17) is 0 Å². The van der Waals surface area contributed by atoms with Crippen molar-refractivity contribution in [3.8, 4) is 0 Å². The van der Waals surface area contributed by atoms with Crippen LogP contribution in [0.4, 0.5) is 4.79 Å². The van der Waals surface area contributed by atoms with Gasteiger partial charge in [0.1, 0.15) is 10.7 Å². The van der Waals surface area contributed by atoms with Crippen LogP contribution in [0.25, 0.3) is 4.91 Å². The van der Waals surface area contributed by atoms with Crippen LogP contribution in [0, 0.1) is 5.92 Å². The molecule has 164 valence electrons. The van der Waals surface area contributed by atoms with E-state index in [1.807, 2.05) is 36.1 Å². The Morgan fingerprint density at radius 1 is 1.20 bits per heavy atom. The summed E-state index contributed by atoms with van der Waals surface area (Å²) in [6.07, 6.45) is 2.41. The number of carbonyl (C=O) groups excluding carboxylic acids is 1. The van der Waals surface area contributed by atoms with Gasteiger partial charge in [-0.25, -0.2) is 4.79 Å². The molecule has 1 saturated heterocycles. The number of hydrogen-bond acceptors (Lipinski definition) is 4.